The summed E-state index contributed by atoms with van der Waals surface area (Å²) in [4.78, 5) is 23.4. The van der Waals surface area contributed by atoms with Crippen molar-refractivity contribution in [3.8, 4) is 11.6 Å². The Bertz CT molecular complexity index is 797. The Morgan fingerprint density at radius 3 is 2.95 bits per heavy atom. The van der Waals surface area contributed by atoms with E-state index in [0.717, 1.165) is 12.1 Å². The summed E-state index contributed by atoms with van der Waals surface area (Å²) in [6.07, 6.45) is 4.03. The summed E-state index contributed by atoms with van der Waals surface area (Å²) in [6, 6.07) is 8.66. The van der Waals surface area contributed by atoms with Crippen LogP contribution in [-0.4, -0.2) is 15.0 Å². The molecule has 20 heavy (non-hydrogen) atoms. The highest BCUT2D eigenvalue weighted by Gasteiger charge is 2.06. The molecule has 0 aliphatic heterocycles. The van der Waals surface area contributed by atoms with E-state index < -0.39 is 0 Å². The van der Waals surface area contributed by atoms with Gasteiger partial charge in [0, 0.05) is 24.0 Å². The van der Waals surface area contributed by atoms with Gasteiger partial charge in [0.25, 0.3) is 0 Å². The molecular formula is C15H13N3O2. The van der Waals surface area contributed by atoms with Crippen molar-refractivity contribution in [1.82, 2.24) is 15.0 Å². The van der Waals surface area contributed by atoms with E-state index in [1.165, 1.54) is 0 Å². The van der Waals surface area contributed by atoms with E-state index in [-0.39, 0.29) is 5.43 Å². The molecule has 0 atom stereocenters. The summed E-state index contributed by atoms with van der Waals surface area (Å²) in [5, 5.41) is 0. The van der Waals surface area contributed by atoms with Gasteiger partial charge in [0.05, 0.1) is 11.7 Å². The van der Waals surface area contributed by atoms with E-state index in [0.29, 0.717) is 22.7 Å². The van der Waals surface area contributed by atoms with Crippen molar-refractivity contribution < 1.29 is 4.74 Å². The third kappa shape index (κ3) is 2.38. The standard InChI is InChI=1S/C15H13N3O2/c1-2-10-8-13(19)15-12(17-10)5-6-14(18-15)20-11-4-3-7-16-9-11/h3-9H,2H2,1H3,(H,17,19). The largest absolute Gasteiger partial charge is 0.437 e. The van der Waals surface area contributed by atoms with Gasteiger partial charge in [-0.15, -0.1) is 0 Å². The smallest absolute Gasteiger partial charge is 0.220 e. The molecule has 0 radical (unpaired) electrons. The number of aryl methyl sites for hydroxylation is 1. The predicted octanol–water partition coefficient (Wildman–Crippen LogP) is 2.67. The van der Waals surface area contributed by atoms with E-state index >= 15 is 0 Å². The first-order chi connectivity index (χ1) is 9.76. The number of hydrogen-bond donors (Lipinski definition) is 1. The second kappa shape index (κ2) is 5.13. The fourth-order valence-corrected chi connectivity index (χ4v) is 1.94. The summed E-state index contributed by atoms with van der Waals surface area (Å²) < 4.78 is 5.57. The van der Waals surface area contributed by atoms with Gasteiger partial charge in [-0.2, -0.15) is 0 Å². The van der Waals surface area contributed by atoms with Crippen molar-refractivity contribution in [1.29, 1.82) is 0 Å². The minimum Gasteiger partial charge on any atom is -0.437 e. The Hall–Kier alpha value is -2.69. The van der Waals surface area contributed by atoms with Crippen LogP contribution in [0.5, 0.6) is 11.6 Å². The zero-order valence-corrected chi connectivity index (χ0v) is 11.0. The minimum absolute atomic E-state index is 0.104. The van der Waals surface area contributed by atoms with Gasteiger partial charge in [-0.1, -0.05) is 6.92 Å². The molecule has 0 aromatic carbocycles. The third-order valence-electron chi connectivity index (χ3n) is 2.94. The number of pyridine rings is 3. The van der Waals surface area contributed by atoms with Gasteiger partial charge in [0.15, 0.2) is 0 Å². The number of aromatic nitrogens is 3. The summed E-state index contributed by atoms with van der Waals surface area (Å²) in [5.41, 5.74) is 1.88. The van der Waals surface area contributed by atoms with Gasteiger partial charge >= 0.3 is 0 Å². The Kier molecular flexibility index (Phi) is 3.16. The lowest BCUT2D eigenvalue weighted by Crippen LogP contribution is -2.06. The van der Waals surface area contributed by atoms with Crippen molar-refractivity contribution >= 4 is 11.0 Å². The van der Waals surface area contributed by atoms with Gasteiger partial charge in [-0.05, 0) is 24.6 Å². The molecule has 3 heterocycles. The van der Waals surface area contributed by atoms with Crippen LogP contribution in [0.25, 0.3) is 11.0 Å². The van der Waals surface area contributed by atoms with Crippen LogP contribution in [0.4, 0.5) is 0 Å². The number of fused-ring (bicyclic) bond motifs is 1. The molecule has 3 rings (SSSR count). The number of aromatic amines is 1. The average Bonchev–Trinajstić information content (AvgIpc) is 2.48. The molecule has 0 aliphatic carbocycles. The van der Waals surface area contributed by atoms with Gasteiger partial charge < -0.3 is 9.72 Å². The summed E-state index contributed by atoms with van der Waals surface area (Å²) in [7, 11) is 0. The molecule has 5 heteroatoms. The van der Waals surface area contributed by atoms with Gasteiger partial charge in [-0.25, -0.2) is 4.98 Å². The molecule has 0 saturated heterocycles. The van der Waals surface area contributed by atoms with Crippen molar-refractivity contribution in [3.63, 3.8) is 0 Å². The SMILES string of the molecule is CCc1cc(=O)c2nc(Oc3cccnc3)ccc2[nH]1. The molecular weight excluding hydrogens is 254 g/mol. The molecule has 0 spiro atoms. The first-order valence-electron chi connectivity index (χ1n) is 6.37. The van der Waals surface area contributed by atoms with Crippen LogP contribution in [0, 0.1) is 0 Å². The molecule has 0 fully saturated rings. The van der Waals surface area contributed by atoms with Gasteiger partial charge in [0.2, 0.25) is 11.3 Å². The molecule has 1 N–H and O–H groups in total. The normalized spacial score (nSPS) is 10.7. The minimum atomic E-state index is -0.104. The lowest BCUT2D eigenvalue weighted by molar-refractivity contribution is 0.463. The molecule has 0 bridgehead atoms. The highest BCUT2D eigenvalue weighted by atomic mass is 16.5. The maximum atomic E-state index is 12.0. The molecule has 3 aromatic rings. The van der Waals surface area contributed by atoms with Gasteiger partial charge in [-0.3, -0.25) is 9.78 Å². The lowest BCUT2D eigenvalue weighted by Gasteiger charge is -2.06. The van der Waals surface area contributed by atoms with Crippen LogP contribution >= 0.6 is 0 Å². The summed E-state index contributed by atoms with van der Waals surface area (Å²) in [6.45, 7) is 1.99. The summed E-state index contributed by atoms with van der Waals surface area (Å²) >= 11 is 0. The van der Waals surface area contributed by atoms with Crippen molar-refractivity contribution in [2.24, 2.45) is 0 Å². The van der Waals surface area contributed by atoms with Crippen molar-refractivity contribution in [2.45, 2.75) is 13.3 Å². The number of ether oxygens (including phenoxy) is 1. The van der Waals surface area contributed by atoms with Crippen LogP contribution in [0.15, 0.2) is 47.5 Å². The van der Waals surface area contributed by atoms with Crippen LogP contribution in [0.2, 0.25) is 0 Å². The Balaban J connectivity index is 2.03. The highest BCUT2D eigenvalue weighted by Crippen LogP contribution is 2.19. The van der Waals surface area contributed by atoms with Crippen LogP contribution in [0.3, 0.4) is 0 Å². The van der Waals surface area contributed by atoms with Crippen LogP contribution in [-0.2, 0) is 6.42 Å². The first-order valence-corrected chi connectivity index (χ1v) is 6.37. The maximum absolute atomic E-state index is 12.0. The van der Waals surface area contributed by atoms with E-state index in [9.17, 15) is 4.79 Å². The lowest BCUT2D eigenvalue weighted by atomic mass is 10.2. The van der Waals surface area contributed by atoms with Crippen molar-refractivity contribution in [3.05, 3.63) is 58.6 Å². The Morgan fingerprint density at radius 1 is 1.30 bits per heavy atom. The van der Waals surface area contributed by atoms with Crippen LogP contribution in [0.1, 0.15) is 12.6 Å². The topological polar surface area (TPSA) is 67.9 Å². The predicted molar refractivity (Wildman–Crippen MR) is 76.1 cm³/mol. The van der Waals surface area contributed by atoms with E-state index in [4.69, 9.17) is 4.74 Å². The first kappa shape index (κ1) is 12.3. The molecule has 0 saturated carbocycles. The molecule has 100 valence electrons. The van der Waals surface area contributed by atoms with E-state index in [1.54, 1.807) is 42.7 Å². The zero-order valence-electron chi connectivity index (χ0n) is 11.0. The fraction of sp³-hybridized carbons (Fsp3) is 0.133. The number of hydrogen-bond acceptors (Lipinski definition) is 4. The van der Waals surface area contributed by atoms with E-state index in [2.05, 4.69) is 15.0 Å². The second-order valence-electron chi connectivity index (χ2n) is 4.35. The van der Waals surface area contributed by atoms with E-state index in [1.807, 2.05) is 6.92 Å². The quantitative estimate of drug-likeness (QED) is 0.792. The molecule has 5 nitrogen and oxygen atoms in total. The van der Waals surface area contributed by atoms with Gasteiger partial charge in [0.1, 0.15) is 11.3 Å². The van der Waals surface area contributed by atoms with Crippen molar-refractivity contribution in [2.75, 3.05) is 0 Å². The number of H-pyrrole nitrogens is 1. The number of rotatable bonds is 3. The molecule has 0 amide bonds. The fourth-order valence-electron chi connectivity index (χ4n) is 1.94. The summed E-state index contributed by atoms with van der Waals surface area (Å²) in [5.74, 6) is 0.959. The van der Waals surface area contributed by atoms with Crippen LogP contribution < -0.4 is 10.2 Å². The molecule has 0 unspecified atom stereocenters. The maximum Gasteiger partial charge on any atom is 0.220 e. The molecule has 3 aromatic heterocycles. The monoisotopic (exact) mass is 267 g/mol. The molecule has 0 aliphatic rings. The number of nitrogens with one attached hydrogen (secondary N) is 1. The Labute approximate surface area is 115 Å². The number of nitrogens with zero attached hydrogens (tertiary/aromatic N) is 2. The highest BCUT2D eigenvalue weighted by molar-refractivity contribution is 5.74. The second-order valence-corrected chi connectivity index (χ2v) is 4.35. The third-order valence-corrected chi connectivity index (χ3v) is 2.94. The Morgan fingerprint density at radius 2 is 2.20 bits per heavy atom. The zero-order chi connectivity index (χ0) is 13.9. The average molecular weight is 267 g/mol.